The van der Waals surface area contributed by atoms with Gasteiger partial charge in [0, 0.05) is 5.69 Å². The molecular formula is C19H18IN3O3. The van der Waals surface area contributed by atoms with Crippen LogP contribution in [0.3, 0.4) is 0 Å². The van der Waals surface area contributed by atoms with Gasteiger partial charge >= 0.3 is 6.03 Å². The molecule has 134 valence electrons. The van der Waals surface area contributed by atoms with Gasteiger partial charge in [-0.2, -0.15) is 5.10 Å². The third-order valence-corrected chi connectivity index (χ3v) is 4.13. The molecule has 7 heteroatoms. The fourth-order valence-corrected chi connectivity index (χ4v) is 2.88. The standard InChI is InChI=1S/C19H18IN3O3/c1-4-9-26-18-15(20)10-14(11-17(18)25-3)12-21-23-19(24)22-16-8-6-5-7-13(16)2/h1,5-8,10-12H,9H2,2-3H3,(H2,22,23,24). The number of hydrogen-bond acceptors (Lipinski definition) is 4. The Balaban J connectivity index is 2.03. The minimum atomic E-state index is -0.425. The Bertz CT molecular complexity index is 860. The first-order chi connectivity index (χ1) is 12.5. The zero-order valence-corrected chi connectivity index (χ0v) is 16.5. The zero-order valence-electron chi connectivity index (χ0n) is 14.4. The predicted octanol–water partition coefficient (Wildman–Crippen LogP) is 3.78. The van der Waals surface area contributed by atoms with Crippen molar-refractivity contribution in [2.75, 3.05) is 19.0 Å². The summed E-state index contributed by atoms with van der Waals surface area (Å²) in [5.74, 6) is 3.54. The number of para-hydroxylation sites is 1. The largest absolute Gasteiger partial charge is 0.493 e. The number of terminal acetylenes is 1. The molecule has 0 unspecified atom stereocenters. The van der Waals surface area contributed by atoms with Gasteiger partial charge in [0.15, 0.2) is 11.5 Å². The van der Waals surface area contributed by atoms with Gasteiger partial charge in [0.05, 0.1) is 16.9 Å². The van der Waals surface area contributed by atoms with E-state index in [1.807, 2.05) is 37.3 Å². The number of urea groups is 1. The Morgan fingerprint density at radius 2 is 2.15 bits per heavy atom. The molecule has 0 saturated carbocycles. The quantitative estimate of drug-likeness (QED) is 0.297. The summed E-state index contributed by atoms with van der Waals surface area (Å²) in [4.78, 5) is 11.9. The van der Waals surface area contributed by atoms with Crippen LogP contribution in [0.2, 0.25) is 0 Å². The second-order valence-electron chi connectivity index (χ2n) is 5.17. The maximum Gasteiger partial charge on any atom is 0.339 e. The summed E-state index contributed by atoms with van der Waals surface area (Å²) in [5, 5.41) is 6.69. The SMILES string of the molecule is C#CCOc1c(I)cc(C=NNC(=O)Nc2ccccc2C)cc1OC. The second kappa shape index (κ2) is 9.68. The summed E-state index contributed by atoms with van der Waals surface area (Å²) < 4.78 is 11.6. The molecule has 2 amide bonds. The van der Waals surface area contributed by atoms with E-state index in [1.54, 1.807) is 13.2 Å². The van der Waals surface area contributed by atoms with Crippen molar-refractivity contribution in [1.82, 2.24) is 5.43 Å². The molecule has 6 nitrogen and oxygen atoms in total. The summed E-state index contributed by atoms with van der Waals surface area (Å²) >= 11 is 2.12. The van der Waals surface area contributed by atoms with Gasteiger partial charge in [0.25, 0.3) is 0 Å². The van der Waals surface area contributed by atoms with Gasteiger partial charge in [-0.25, -0.2) is 10.2 Å². The molecule has 0 fully saturated rings. The highest BCUT2D eigenvalue weighted by molar-refractivity contribution is 14.1. The third-order valence-electron chi connectivity index (χ3n) is 3.32. The van der Waals surface area contributed by atoms with Gasteiger partial charge < -0.3 is 14.8 Å². The highest BCUT2D eigenvalue weighted by atomic mass is 127. The molecule has 0 atom stereocenters. The molecule has 2 rings (SSSR count). The molecule has 2 aromatic carbocycles. The van der Waals surface area contributed by atoms with Crippen molar-refractivity contribution in [2.45, 2.75) is 6.92 Å². The number of hydrazone groups is 1. The Morgan fingerprint density at radius 1 is 1.38 bits per heavy atom. The van der Waals surface area contributed by atoms with E-state index in [4.69, 9.17) is 15.9 Å². The van der Waals surface area contributed by atoms with Crippen LogP contribution in [-0.2, 0) is 0 Å². The number of rotatable bonds is 6. The molecule has 0 spiro atoms. The molecule has 0 saturated heterocycles. The molecule has 0 aliphatic rings. The fraction of sp³-hybridized carbons (Fsp3) is 0.158. The van der Waals surface area contributed by atoms with Crippen molar-refractivity contribution in [3.63, 3.8) is 0 Å². The van der Waals surface area contributed by atoms with Gasteiger partial charge in [-0.1, -0.05) is 24.1 Å². The van der Waals surface area contributed by atoms with Gasteiger partial charge in [-0.3, -0.25) is 0 Å². The fourth-order valence-electron chi connectivity index (χ4n) is 2.10. The molecule has 0 heterocycles. The Kier molecular flexibility index (Phi) is 7.29. The predicted molar refractivity (Wildman–Crippen MR) is 111 cm³/mol. The van der Waals surface area contributed by atoms with Crippen LogP contribution in [0, 0.1) is 22.8 Å². The second-order valence-corrected chi connectivity index (χ2v) is 6.33. The lowest BCUT2D eigenvalue weighted by atomic mass is 10.2. The summed E-state index contributed by atoms with van der Waals surface area (Å²) in [7, 11) is 1.54. The van der Waals surface area contributed by atoms with Crippen LogP contribution in [0.1, 0.15) is 11.1 Å². The van der Waals surface area contributed by atoms with Crippen molar-refractivity contribution in [1.29, 1.82) is 0 Å². The van der Waals surface area contributed by atoms with E-state index < -0.39 is 6.03 Å². The molecule has 2 N–H and O–H groups in total. The molecule has 0 bridgehead atoms. The highest BCUT2D eigenvalue weighted by Crippen LogP contribution is 2.33. The van der Waals surface area contributed by atoms with Crippen LogP contribution in [0.4, 0.5) is 10.5 Å². The van der Waals surface area contributed by atoms with E-state index in [9.17, 15) is 4.79 Å². The van der Waals surface area contributed by atoms with Crippen molar-refractivity contribution >= 4 is 40.5 Å². The van der Waals surface area contributed by atoms with E-state index in [1.165, 1.54) is 6.21 Å². The number of carbonyl (C=O) groups is 1. The minimum absolute atomic E-state index is 0.153. The van der Waals surface area contributed by atoms with Crippen molar-refractivity contribution in [3.05, 3.63) is 51.1 Å². The molecule has 0 aliphatic heterocycles. The lowest BCUT2D eigenvalue weighted by Gasteiger charge is -2.11. The normalized spacial score (nSPS) is 10.2. The number of amides is 2. The summed E-state index contributed by atoms with van der Waals surface area (Å²) in [6, 6.07) is 10.7. The summed E-state index contributed by atoms with van der Waals surface area (Å²) in [6.45, 7) is 2.07. The number of carbonyl (C=O) groups excluding carboxylic acids is 1. The Labute approximate surface area is 166 Å². The monoisotopic (exact) mass is 463 g/mol. The van der Waals surface area contributed by atoms with Crippen molar-refractivity contribution in [2.24, 2.45) is 5.10 Å². The molecule has 0 aromatic heterocycles. The lowest BCUT2D eigenvalue weighted by molar-refractivity contribution is 0.252. The Hall–Kier alpha value is -2.73. The number of ether oxygens (including phenoxy) is 2. The number of hydrogen-bond donors (Lipinski definition) is 2. The first-order valence-electron chi connectivity index (χ1n) is 7.64. The highest BCUT2D eigenvalue weighted by Gasteiger charge is 2.11. The van der Waals surface area contributed by atoms with Crippen molar-refractivity contribution < 1.29 is 14.3 Å². The number of halogens is 1. The van der Waals surface area contributed by atoms with Gasteiger partial charge in [0.1, 0.15) is 6.61 Å². The van der Waals surface area contributed by atoms with E-state index in [0.717, 1.165) is 20.4 Å². The average molecular weight is 463 g/mol. The smallest absolute Gasteiger partial charge is 0.339 e. The topological polar surface area (TPSA) is 72.0 Å². The van der Waals surface area contributed by atoms with E-state index in [0.29, 0.717) is 11.5 Å². The van der Waals surface area contributed by atoms with Crippen LogP contribution in [0.5, 0.6) is 11.5 Å². The number of anilines is 1. The molecule has 26 heavy (non-hydrogen) atoms. The number of aryl methyl sites for hydroxylation is 1. The number of benzene rings is 2. The van der Waals surface area contributed by atoms with Crippen LogP contribution in [0.15, 0.2) is 41.5 Å². The Morgan fingerprint density at radius 3 is 2.85 bits per heavy atom. The van der Waals surface area contributed by atoms with E-state index in [2.05, 4.69) is 44.4 Å². The minimum Gasteiger partial charge on any atom is -0.493 e. The molecule has 0 aliphatic carbocycles. The van der Waals surface area contributed by atoms with E-state index in [-0.39, 0.29) is 6.61 Å². The van der Waals surface area contributed by atoms with Crippen molar-refractivity contribution in [3.8, 4) is 23.8 Å². The van der Waals surface area contributed by atoms with Crippen LogP contribution in [-0.4, -0.2) is 26.0 Å². The third kappa shape index (κ3) is 5.39. The molecule has 0 radical (unpaired) electrons. The maximum absolute atomic E-state index is 11.9. The number of nitrogens with zero attached hydrogens (tertiary/aromatic N) is 1. The van der Waals surface area contributed by atoms with Crippen LogP contribution in [0.25, 0.3) is 0 Å². The van der Waals surface area contributed by atoms with Gasteiger partial charge in [-0.05, 0) is 58.8 Å². The van der Waals surface area contributed by atoms with Gasteiger partial charge in [-0.15, -0.1) is 6.42 Å². The number of methoxy groups -OCH3 is 1. The molecule has 2 aromatic rings. The average Bonchev–Trinajstić information content (AvgIpc) is 2.62. The maximum atomic E-state index is 11.9. The summed E-state index contributed by atoms with van der Waals surface area (Å²) in [5.41, 5.74) is 4.87. The lowest BCUT2D eigenvalue weighted by Crippen LogP contribution is -2.24. The first-order valence-corrected chi connectivity index (χ1v) is 8.72. The summed E-state index contributed by atoms with van der Waals surface area (Å²) in [6.07, 6.45) is 6.74. The van der Waals surface area contributed by atoms with Gasteiger partial charge in [0.2, 0.25) is 0 Å². The first kappa shape index (κ1) is 19.6. The number of nitrogens with one attached hydrogen (secondary N) is 2. The zero-order chi connectivity index (χ0) is 18.9. The van der Waals surface area contributed by atoms with Crippen LogP contribution < -0.4 is 20.2 Å². The van der Waals surface area contributed by atoms with Crippen LogP contribution >= 0.6 is 22.6 Å². The van der Waals surface area contributed by atoms with E-state index >= 15 is 0 Å². The molecular weight excluding hydrogens is 445 g/mol.